The lowest BCUT2D eigenvalue weighted by molar-refractivity contribution is -0.0212. The van der Waals surface area contributed by atoms with Crippen molar-refractivity contribution >= 4 is 5.91 Å². The van der Waals surface area contributed by atoms with Gasteiger partial charge in [0.1, 0.15) is 0 Å². The van der Waals surface area contributed by atoms with Gasteiger partial charge in [-0.15, -0.1) is 0 Å². The van der Waals surface area contributed by atoms with E-state index in [2.05, 4.69) is 41.8 Å². The first kappa shape index (κ1) is 31.3. The highest BCUT2D eigenvalue weighted by molar-refractivity contribution is 5.94. The molecule has 0 spiro atoms. The predicted octanol–water partition coefficient (Wildman–Crippen LogP) is 7.41. The quantitative estimate of drug-likeness (QED) is 0.173. The number of carbonyl (C=O) groups excluding carboxylic acids is 1. The van der Waals surface area contributed by atoms with E-state index in [0.29, 0.717) is 32.3 Å². The molecule has 1 amide bonds. The van der Waals surface area contributed by atoms with Gasteiger partial charge in [0.25, 0.3) is 5.91 Å². The van der Waals surface area contributed by atoms with Crippen LogP contribution in [0.3, 0.4) is 0 Å². The van der Waals surface area contributed by atoms with E-state index in [1.165, 1.54) is 63.4 Å². The van der Waals surface area contributed by atoms with Crippen molar-refractivity contribution in [1.82, 2.24) is 10.6 Å². The monoisotopic (exact) mass is 536 g/mol. The molecule has 1 heterocycles. The summed E-state index contributed by atoms with van der Waals surface area (Å²) in [5.41, 5.74) is 3.14. The Hall–Kier alpha value is -2.21. The van der Waals surface area contributed by atoms with E-state index in [4.69, 9.17) is 9.47 Å². The van der Waals surface area contributed by atoms with Crippen LogP contribution in [0.5, 0.6) is 0 Å². The molecule has 0 saturated carbocycles. The minimum absolute atomic E-state index is 0.0404. The Labute approximate surface area is 237 Å². The maximum absolute atomic E-state index is 13.0. The van der Waals surface area contributed by atoms with Crippen LogP contribution in [0.1, 0.15) is 111 Å². The van der Waals surface area contributed by atoms with Crippen molar-refractivity contribution in [3.63, 3.8) is 0 Å². The smallest absolute Gasteiger partial charge is 0.251 e. The van der Waals surface area contributed by atoms with Gasteiger partial charge < -0.3 is 20.1 Å². The normalized spacial score (nSPS) is 14.8. The second-order valence-corrected chi connectivity index (χ2v) is 11.0. The van der Waals surface area contributed by atoms with Gasteiger partial charge in [-0.2, -0.15) is 0 Å². The molecule has 0 radical (unpaired) electrons. The highest BCUT2D eigenvalue weighted by Gasteiger charge is 2.17. The van der Waals surface area contributed by atoms with Gasteiger partial charge in [0.15, 0.2) is 0 Å². The standard InChI is InChI=1S/C34H52N2O3/c1-2-3-4-5-6-7-8-9-10-14-24-39-33(28-38-27-29-16-12-11-13-17-29)26-36-34(37)32-19-15-18-31(25-32)30-20-22-35-23-21-30/h11-13,15-19,25,30,33,35H,2-10,14,20-24,26-28H2,1H3,(H,36,37). The van der Waals surface area contributed by atoms with E-state index in [1.54, 1.807) is 0 Å². The highest BCUT2D eigenvalue weighted by atomic mass is 16.5. The van der Waals surface area contributed by atoms with Gasteiger partial charge >= 0.3 is 0 Å². The maximum Gasteiger partial charge on any atom is 0.251 e. The first-order chi connectivity index (χ1) is 19.3. The zero-order valence-corrected chi connectivity index (χ0v) is 24.3. The van der Waals surface area contributed by atoms with E-state index in [1.807, 2.05) is 30.3 Å². The van der Waals surface area contributed by atoms with Gasteiger partial charge in [-0.05, 0) is 61.5 Å². The summed E-state index contributed by atoms with van der Waals surface area (Å²) in [6.07, 6.45) is 15.1. The summed E-state index contributed by atoms with van der Waals surface area (Å²) in [5, 5.41) is 6.53. The van der Waals surface area contributed by atoms with E-state index in [9.17, 15) is 4.79 Å². The van der Waals surface area contributed by atoms with Crippen molar-refractivity contribution in [3.8, 4) is 0 Å². The fourth-order valence-corrected chi connectivity index (χ4v) is 5.29. The van der Waals surface area contributed by atoms with E-state index in [-0.39, 0.29) is 12.0 Å². The molecule has 1 atom stereocenters. The lowest BCUT2D eigenvalue weighted by Crippen LogP contribution is -2.36. The zero-order valence-electron chi connectivity index (χ0n) is 24.3. The molecule has 3 rings (SSSR count). The molecule has 0 aliphatic carbocycles. The number of piperidine rings is 1. The molecule has 2 N–H and O–H groups in total. The van der Waals surface area contributed by atoms with Crippen LogP contribution < -0.4 is 10.6 Å². The fourth-order valence-electron chi connectivity index (χ4n) is 5.29. The summed E-state index contributed by atoms with van der Waals surface area (Å²) in [6, 6.07) is 18.3. The highest BCUT2D eigenvalue weighted by Crippen LogP contribution is 2.25. The topological polar surface area (TPSA) is 59.6 Å². The third-order valence-electron chi connectivity index (χ3n) is 7.72. The lowest BCUT2D eigenvalue weighted by Gasteiger charge is -2.23. The summed E-state index contributed by atoms with van der Waals surface area (Å²) < 4.78 is 12.2. The Balaban J connectivity index is 1.40. The van der Waals surface area contributed by atoms with Crippen molar-refractivity contribution < 1.29 is 14.3 Å². The average molecular weight is 537 g/mol. The molecule has 5 nitrogen and oxygen atoms in total. The molecule has 1 aliphatic heterocycles. The Kier molecular flexibility index (Phi) is 15.9. The molecule has 1 fully saturated rings. The molecule has 0 bridgehead atoms. The number of hydrogen-bond donors (Lipinski definition) is 2. The molecule has 1 saturated heterocycles. The van der Waals surface area contributed by atoms with Gasteiger partial charge in [-0.1, -0.05) is 107 Å². The van der Waals surface area contributed by atoms with Crippen LogP contribution in [0, 0.1) is 0 Å². The van der Waals surface area contributed by atoms with Crippen LogP contribution in [0.4, 0.5) is 0 Å². The third kappa shape index (κ3) is 13.1. The predicted molar refractivity (Wildman–Crippen MR) is 161 cm³/mol. The third-order valence-corrected chi connectivity index (χ3v) is 7.72. The van der Waals surface area contributed by atoms with Crippen molar-refractivity contribution in [2.24, 2.45) is 0 Å². The second-order valence-electron chi connectivity index (χ2n) is 11.0. The lowest BCUT2D eigenvalue weighted by atomic mass is 9.89. The number of amides is 1. The van der Waals surface area contributed by atoms with Crippen molar-refractivity contribution in [3.05, 3.63) is 71.3 Å². The van der Waals surface area contributed by atoms with Gasteiger partial charge in [0.2, 0.25) is 0 Å². The van der Waals surface area contributed by atoms with Crippen LogP contribution in [0.2, 0.25) is 0 Å². The molecule has 1 aliphatic rings. The maximum atomic E-state index is 13.0. The van der Waals surface area contributed by atoms with Crippen LogP contribution >= 0.6 is 0 Å². The van der Waals surface area contributed by atoms with Gasteiger partial charge in [-0.25, -0.2) is 0 Å². The largest absolute Gasteiger partial charge is 0.374 e. The Morgan fingerprint density at radius 3 is 2.31 bits per heavy atom. The van der Waals surface area contributed by atoms with E-state index in [0.717, 1.165) is 43.5 Å². The summed E-state index contributed by atoms with van der Waals surface area (Å²) >= 11 is 0. The van der Waals surface area contributed by atoms with E-state index >= 15 is 0 Å². The average Bonchev–Trinajstić information content (AvgIpc) is 2.99. The van der Waals surface area contributed by atoms with E-state index < -0.39 is 0 Å². The molecule has 1 unspecified atom stereocenters. The number of unbranched alkanes of at least 4 members (excludes halogenated alkanes) is 9. The number of nitrogens with one attached hydrogen (secondary N) is 2. The Bertz CT molecular complexity index is 898. The number of rotatable bonds is 20. The first-order valence-electron chi connectivity index (χ1n) is 15.6. The Morgan fingerprint density at radius 2 is 1.59 bits per heavy atom. The number of hydrogen-bond acceptors (Lipinski definition) is 4. The minimum Gasteiger partial charge on any atom is -0.374 e. The molecule has 216 valence electrons. The number of ether oxygens (including phenoxy) is 2. The van der Waals surface area contributed by atoms with Crippen molar-refractivity contribution in [2.45, 2.75) is 103 Å². The molecular formula is C34H52N2O3. The van der Waals surface area contributed by atoms with Crippen LogP contribution in [0.25, 0.3) is 0 Å². The molecule has 5 heteroatoms. The van der Waals surface area contributed by atoms with Gasteiger partial charge in [0.05, 0.1) is 19.3 Å². The molecule has 0 aromatic heterocycles. The summed E-state index contributed by atoms with van der Waals surface area (Å²) in [5.74, 6) is 0.490. The van der Waals surface area contributed by atoms with Crippen LogP contribution in [0.15, 0.2) is 54.6 Å². The van der Waals surface area contributed by atoms with Gasteiger partial charge in [-0.3, -0.25) is 4.79 Å². The summed E-state index contributed by atoms with van der Waals surface area (Å²) in [7, 11) is 0. The Morgan fingerprint density at radius 1 is 0.897 bits per heavy atom. The number of benzene rings is 2. The summed E-state index contributed by atoms with van der Waals surface area (Å²) in [6.45, 7) is 6.52. The SMILES string of the molecule is CCCCCCCCCCCCOC(CNC(=O)c1cccc(C2CCNCC2)c1)COCc1ccccc1. The summed E-state index contributed by atoms with van der Waals surface area (Å²) in [4.78, 5) is 13.0. The van der Waals surface area contributed by atoms with Crippen LogP contribution in [-0.2, 0) is 16.1 Å². The molecule has 2 aromatic rings. The van der Waals surface area contributed by atoms with Crippen LogP contribution in [-0.4, -0.2) is 44.9 Å². The molecule has 2 aromatic carbocycles. The molecule has 39 heavy (non-hydrogen) atoms. The number of carbonyl (C=O) groups is 1. The van der Waals surface area contributed by atoms with Crippen molar-refractivity contribution in [2.75, 3.05) is 32.8 Å². The van der Waals surface area contributed by atoms with Gasteiger partial charge in [0, 0.05) is 18.7 Å². The molecular weight excluding hydrogens is 484 g/mol. The fraction of sp³-hybridized carbons (Fsp3) is 0.618. The first-order valence-corrected chi connectivity index (χ1v) is 15.6. The minimum atomic E-state index is -0.163. The van der Waals surface area contributed by atoms with Crippen molar-refractivity contribution in [1.29, 1.82) is 0 Å². The second kappa shape index (κ2) is 19.8. The zero-order chi connectivity index (χ0) is 27.4.